The zero-order valence-corrected chi connectivity index (χ0v) is 11.1. The Kier molecular flexibility index (Phi) is 3.90. The third kappa shape index (κ3) is 2.78. The molecule has 0 atom stereocenters. The Balaban J connectivity index is 2.07. The number of rotatable bonds is 6. The minimum absolute atomic E-state index is 0.0295. The Morgan fingerprint density at radius 3 is 2.63 bits per heavy atom. The van der Waals surface area contributed by atoms with Crippen LogP contribution in [0.25, 0.3) is 0 Å². The molecule has 1 fully saturated rings. The summed E-state index contributed by atoms with van der Waals surface area (Å²) in [4.78, 5) is 10.3. The number of methoxy groups -OCH3 is 2. The van der Waals surface area contributed by atoms with Crippen molar-refractivity contribution in [2.45, 2.75) is 24.9 Å². The van der Waals surface area contributed by atoms with Gasteiger partial charge in [-0.2, -0.15) is 0 Å². The van der Waals surface area contributed by atoms with Crippen LogP contribution in [0.3, 0.4) is 0 Å². The number of nitrogens with one attached hydrogen (secondary N) is 1. The van der Waals surface area contributed by atoms with Crippen LogP contribution in [-0.4, -0.2) is 31.3 Å². The highest BCUT2D eigenvalue weighted by Gasteiger charge is 2.36. The predicted molar refractivity (Wildman–Crippen MR) is 71.7 cm³/mol. The third-order valence-electron chi connectivity index (χ3n) is 3.69. The van der Waals surface area contributed by atoms with Crippen LogP contribution in [0.1, 0.15) is 19.3 Å². The van der Waals surface area contributed by atoms with Crippen LogP contribution in [0.2, 0.25) is 0 Å². The maximum Gasteiger partial charge on any atom is 0.311 e. The van der Waals surface area contributed by atoms with E-state index in [0.29, 0.717) is 6.54 Å². The summed E-state index contributed by atoms with van der Waals surface area (Å²) in [7, 11) is 3.14. The number of hydrogen-bond donors (Lipinski definition) is 1. The van der Waals surface area contributed by atoms with Gasteiger partial charge in [0, 0.05) is 31.5 Å². The SMILES string of the molecule is COc1cc(NCC2(OC)CCC2)ccc1[N+](=O)[O-]. The van der Waals surface area contributed by atoms with Gasteiger partial charge < -0.3 is 14.8 Å². The molecule has 0 amide bonds. The molecule has 19 heavy (non-hydrogen) atoms. The monoisotopic (exact) mass is 266 g/mol. The quantitative estimate of drug-likeness (QED) is 0.632. The van der Waals surface area contributed by atoms with Gasteiger partial charge in [0.25, 0.3) is 0 Å². The summed E-state index contributed by atoms with van der Waals surface area (Å²) in [6.45, 7) is 0.699. The highest BCUT2D eigenvalue weighted by Crippen LogP contribution is 2.36. The number of benzene rings is 1. The van der Waals surface area contributed by atoms with Gasteiger partial charge in [0.15, 0.2) is 5.75 Å². The van der Waals surface area contributed by atoms with Crippen LogP contribution in [0.4, 0.5) is 11.4 Å². The molecule has 0 bridgehead atoms. The molecule has 0 radical (unpaired) electrons. The van der Waals surface area contributed by atoms with Crippen LogP contribution in [-0.2, 0) is 4.74 Å². The Hall–Kier alpha value is -1.82. The van der Waals surface area contributed by atoms with Crippen LogP contribution < -0.4 is 10.1 Å². The lowest BCUT2D eigenvalue weighted by atomic mass is 9.80. The van der Waals surface area contributed by atoms with E-state index < -0.39 is 4.92 Å². The molecule has 1 aliphatic rings. The van der Waals surface area contributed by atoms with Gasteiger partial charge in [0.1, 0.15) is 0 Å². The lowest BCUT2D eigenvalue weighted by molar-refractivity contribution is -0.385. The van der Waals surface area contributed by atoms with E-state index in [0.717, 1.165) is 18.5 Å². The molecule has 2 rings (SSSR count). The van der Waals surface area contributed by atoms with Gasteiger partial charge in [-0.3, -0.25) is 10.1 Å². The van der Waals surface area contributed by atoms with Crippen LogP contribution in [0.15, 0.2) is 18.2 Å². The van der Waals surface area contributed by atoms with E-state index in [2.05, 4.69) is 5.32 Å². The molecule has 1 aromatic rings. The van der Waals surface area contributed by atoms with Gasteiger partial charge in [-0.05, 0) is 25.3 Å². The summed E-state index contributed by atoms with van der Waals surface area (Å²) in [5, 5.41) is 14.0. The lowest BCUT2D eigenvalue weighted by Crippen LogP contribution is -2.45. The molecule has 1 saturated carbocycles. The second kappa shape index (κ2) is 5.44. The number of nitro groups is 1. The van der Waals surface area contributed by atoms with E-state index in [4.69, 9.17) is 9.47 Å². The van der Waals surface area contributed by atoms with Crippen molar-refractivity contribution in [2.24, 2.45) is 0 Å². The molecule has 0 saturated heterocycles. The molecule has 0 aliphatic heterocycles. The zero-order valence-electron chi connectivity index (χ0n) is 11.1. The van der Waals surface area contributed by atoms with Crippen LogP contribution in [0, 0.1) is 10.1 Å². The summed E-state index contributed by atoms with van der Waals surface area (Å²) in [5.41, 5.74) is 0.679. The first-order chi connectivity index (χ1) is 9.10. The Labute approximate surface area is 111 Å². The first-order valence-electron chi connectivity index (χ1n) is 6.22. The minimum Gasteiger partial charge on any atom is -0.490 e. The van der Waals surface area contributed by atoms with Gasteiger partial charge in [0.2, 0.25) is 0 Å². The van der Waals surface area contributed by atoms with Crippen molar-refractivity contribution in [1.82, 2.24) is 0 Å². The molecular formula is C13H18N2O4. The Bertz CT molecular complexity index is 466. The van der Waals surface area contributed by atoms with E-state index in [-0.39, 0.29) is 17.0 Å². The average molecular weight is 266 g/mol. The molecule has 0 heterocycles. The van der Waals surface area contributed by atoms with Crippen molar-refractivity contribution in [1.29, 1.82) is 0 Å². The number of nitro benzene ring substituents is 1. The molecule has 104 valence electrons. The predicted octanol–water partition coefficient (Wildman–Crippen LogP) is 2.58. The third-order valence-corrected chi connectivity index (χ3v) is 3.69. The first-order valence-corrected chi connectivity index (χ1v) is 6.22. The molecule has 0 aromatic heterocycles. The number of nitrogens with zero attached hydrogens (tertiary/aromatic N) is 1. The van der Waals surface area contributed by atoms with Crippen molar-refractivity contribution in [3.63, 3.8) is 0 Å². The van der Waals surface area contributed by atoms with E-state index in [1.165, 1.54) is 19.6 Å². The second-order valence-electron chi connectivity index (χ2n) is 4.74. The highest BCUT2D eigenvalue weighted by molar-refractivity contribution is 5.58. The smallest absolute Gasteiger partial charge is 0.311 e. The largest absolute Gasteiger partial charge is 0.490 e. The average Bonchev–Trinajstić information content (AvgIpc) is 2.37. The van der Waals surface area contributed by atoms with Gasteiger partial charge in [-0.25, -0.2) is 0 Å². The summed E-state index contributed by atoms with van der Waals surface area (Å²) in [6.07, 6.45) is 3.26. The fourth-order valence-electron chi connectivity index (χ4n) is 2.23. The maximum atomic E-state index is 10.8. The van der Waals surface area contributed by atoms with E-state index in [1.807, 2.05) is 0 Å². The van der Waals surface area contributed by atoms with E-state index >= 15 is 0 Å². The minimum atomic E-state index is -0.453. The van der Waals surface area contributed by atoms with Crippen molar-refractivity contribution in [3.05, 3.63) is 28.3 Å². The molecule has 6 nitrogen and oxygen atoms in total. The van der Waals surface area contributed by atoms with Gasteiger partial charge in [-0.15, -0.1) is 0 Å². The van der Waals surface area contributed by atoms with E-state index in [1.54, 1.807) is 19.2 Å². The standard InChI is InChI=1S/C13H18N2O4/c1-18-12-8-10(4-5-11(12)15(16)17)14-9-13(19-2)6-3-7-13/h4-5,8,14H,3,6-7,9H2,1-2H3. The fraction of sp³-hybridized carbons (Fsp3) is 0.538. The maximum absolute atomic E-state index is 10.8. The number of ether oxygens (including phenoxy) is 2. The molecule has 6 heteroatoms. The van der Waals surface area contributed by atoms with Crippen LogP contribution in [0.5, 0.6) is 5.75 Å². The summed E-state index contributed by atoms with van der Waals surface area (Å²) in [6, 6.07) is 4.77. The van der Waals surface area contributed by atoms with E-state index in [9.17, 15) is 10.1 Å². The number of hydrogen-bond acceptors (Lipinski definition) is 5. The second-order valence-corrected chi connectivity index (χ2v) is 4.74. The summed E-state index contributed by atoms with van der Waals surface area (Å²) < 4.78 is 10.5. The number of anilines is 1. The normalized spacial score (nSPS) is 16.5. The summed E-state index contributed by atoms with van der Waals surface area (Å²) >= 11 is 0. The Morgan fingerprint density at radius 2 is 2.16 bits per heavy atom. The fourth-order valence-corrected chi connectivity index (χ4v) is 2.23. The topological polar surface area (TPSA) is 73.6 Å². The lowest BCUT2D eigenvalue weighted by Gasteiger charge is -2.40. The molecular weight excluding hydrogens is 248 g/mol. The van der Waals surface area contributed by atoms with Crippen molar-refractivity contribution < 1.29 is 14.4 Å². The van der Waals surface area contributed by atoms with Gasteiger partial charge in [-0.1, -0.05) is 0 Å². The molecule has 1 N–H and O–H groups in total. The molecule has 1 aliphatic carbocycles. The van der Waals surface area contributed by atoms with Crippen molar-refractivity contribution in [2.75, 3.05) is 26.1 Å². The molecule has 0 unspecified atom stereocenters. The van der Waals surface area contributed by atoms with Crippen molar-refractivity contribution >= 4 is 11.4 Å². The Morgan fingerprint density at radius 1 is 1.42 bits per heavy atom. The highest BCUT2D eigenvalue weighted by atomic mass is 16.6. The first kappa shape index (κ1) is 13.6. The van der Waals surface area contributed by atoms with Crippen molar-refractivity contribution in [3.8, 4) is 5.75 Å². The van der Waals surface area contributed by atoms with Crippen LogP contribution >= 0.6 is 0 Å². The molecule has 0 spiro atoms. The molecule has 1 aromatic carbocycles. The summed E-state index contributed by atoms with van der Waals surface area (Å²) in [5.74, 6) is 0.259. The zero-order chi connectivity index (χ0) is 13.9. The van der Waals surface area contributed by atoms with Gasteiger partial charge >= 0.3 is 5.69 Å². The van der Waals surface area contributed by atoms with Gasteiger partial charge in [0.05, 0.1) is 17.6 Å².